The standard InChI is InChI=1S/C20H18F3N3O4S/c21-20(22,23)29-17-4-6-19(7-5-17)31(27,28)26-10-8-18(9-11-26)30-25-14-16-3-1-2-15(12-16)13-24/h1-7,12,14,18H,8-11H2/b25-14+. The molecule has 1 aliphatic heterocycles. The Morgan fingerprint density at radius 2 is 1.81 bits per heavy atom. The smallest absolute Gasteiger partial charge is 0.406 e. The fourth-order valence-electron chi connectivity index (χ4n) is 3.01. The van der Waals surface area contributed by atoms with E-state index in [1.54, 1.807) is 24.3 Å². The van der Waals surface area contributed by atoms with Crippen LogP contribution < -0.4 is 4.74 Å². The highest BCUT2D eigenvalue weighted by molar-refractivity contribution is 7.89. The highest BCUT2D eigenvalue weighted by Crippen LogP contribution is 2.26. The summed E-state index contributed by atoms with van der Waals surface area (Å²) in [5, 5.41) is 12.8. The molecule has 2 aromatic carbocycles. The molecular formula is C20H18F3N3O4S. The van der Waals surface area contributed by atoms with Gasteiger partial charge in [0.25, 0.3) is 0 Å². The lowest BCUT2D eigenvalue weighted by Gasteiger charge is -2.29. The number of sulfonamides is 1. The van der Waals surface area contributed by atoms with Gasteiger partial charge >= 0.3 is 6.36 Å². The van der Waals surface area contributed by atoms with E-state index in [0.29, 0.717) is 24.0 Å². The Balaban J connectivity index is 1.54. The summed E-state index contributed by atoms with van der Waals surface area (Å²) in [7, 11) is -3.85. The average Bonchev–Trinajstić information content (AvgIpc) is 2.73. The van der Waals surface area contributed by atoms with Crippen LogP contribution in [-0.2, 0) is 14.9 Å². The number of ether oxygens (including phenoxy) is 1. The lowest BCUT2D eigenvalue weighted by Crippen LogP contribution is -2.40. The first-order chi connectivity index (χ1) is 14.7. The van der Waals surface area contributed by atoms with E-state index in [4.69, 9.17) is 10.1 Å². The highest BCUT2D eigenvalue weighted by atomic mass is 32.2. The second-order valence-electron chi connectivity index (χ2n) is 6.70. The van der Waals surface area contributed by atoms with Gasteiger partial charge in [0, 0.05) is 25.9 Å². The van der Waals surface area contributed by atoms with Crippen LogP contribution in [0.2, 0.25) is 0 Å². The van der Waals surface area contributed by atoms with Crippen LogP contribution in [0, 0.1) is 11.3 Å². The molecule has 0 spiro atoms. The minimum atomic E-state index is -4.84. The molecule has 0 aliphatic carbocycles. The van der Waals surface area contributed by atoms with E-state index in [-0.39, 0.29) is 24.1 Å². The summed E-state index contributed by atoms with van der Waals surface area (Å²) in [6.07, 6.45) is -2.82. The summed E-state index contributed by atoms with van der Waals surface area (Å²) in [5.41, 5.74) is 1.21. The zero-order valence-electron chi connectivity index (χ0n) is 16.1. The molecule has 1 fully saturated rings. The molecule has 7 nitrogen and oxygen atoms in total. The monoisotopic (exact) mass is 453 g/mol. The fourth-order valence-corrected chi connectivity index (χ4v) is 4.48. The summed E-state index contributed by atoms with van der Waals surface area (Å²) in [6.45, 7) is 0.375. The van der Waals surface area contributed by atoms with Gasteiger partial charge in [0.05, 0.1) is 22.7 Å². The summed E-state index contributed by atoms with van der Waals surface area (Å²) in [6, 6.07) is 13.0. The number of benzene rings is 2. The summed E-state index contributed by atoms with van der Waals surface area (Å²) < 4.78 is 67.2. The first-order valence-electron chi connectivity index (χ1n) is 9.23. The molecule has 1 aliphatic rings. The lowest BCUT2D eigenvalue weighted by molar-refractivity contribution is -0.274. The van der Waals surface area contributed by atoms with Crippen LogP contribution in [0.4, 0.5) is 13.2 Å². The van der Waals surface area contributed by atoms with Crippen molar-refractivity contribution in [2.75, 3.05) is 13.1 Å². The Bertz CT molecular complexity index is 1070. The molecule has 0 atom stereocenters. The van der Waals surface area contributed by atoms with Crippen molar-refractivity contribution in [3.8, 4) is 11.8 Å². The van der Waals surface area contributed by atoms with Crippen molar-refractivity contribution in [3.05, 3.63) is 59.7 Å². The zero-order chi connectivity index (χ0) is 22.5. The molecule has 0 N–H and O–H groups in total. The van der Waals surface area contributed by atoms with Gasteiger partial charge in [-0.25, -0.2) is 8.42 Å². The van der Waals surface area contributed by atoms with Gasteiger partial charge in [0.1, 0.15) is 11.9 Å². The molecule has 0 amide bonds. The maximum Gasteiger partial charge on any atom is 0.573 e. The number of nitrogens with zero attached hydrogens (tertiary/aromatic N) is 3. The van der Waals surface area contributed by atoms with Crippen LogP contribution in [0.5, 0.6) is 5.75 Å². The molecule has 0 bridgehead atoms. The van der Waals surface area contributed by atoms with Gasteiger partial charge in [-0.15, -0.1) is 13.2 Å². The van der Waals surface area contributed by atoms with Gasteiger partial charge in [-0.2, -0.15) is 9.57 Å². The third kappa shape index (κ3) is 6.19. The van der Waals surface area contributed by atoms with E-state index >= 15 is 0 Å². The molecule has 1 heterocycles. The summed E-state index contributed by atoms with van der Waals surface area (Å²) >= 11 is 0. The molecule has 0 aromatic heterocycles. The molecule has 31 heavy (non-hydrogen) atoms. The van der Waals surface area contributed by atoms with Crippen molar-refractivity contribution in [3.63, 3.8) is 0 Å². The van der Waals surface area contributed by atoms with Crippen molar-refractivity contribution < 1.29 is 31.2 Å². The molecule has 11 heteroatoms. The van der Waals surface area contributed by atoms with Gasteiger partial charge < -0.3 is 9.57 Å². The predicted molar refractivity (Wildman–Crippen MR) is 105 cm³/mol. The van der Waals surface area contributed by atoms with E-state index in [9.17, 15) is 21.6 Å². The molecule has 0 saturated carbocycles. The highest BCUT2D eigenvalue weighted by Gasteiger charge is 2.32. The van der Waals surface area contributed by atoms with E-state index in [1.165, 1.54) is 10.5 Å². The Kier molecular flexibility index (Phi) is 6.82. The van der Waals surface area contributed by atoms with Crippen molar-refractivity contribution in [2.45, 2.75) is 30.2 Å². The normalized spacial score (nSPS) is 16.2. The zero-order valence-corrected chi connectivity index (χ0v) is 16.9. The second kappa shape index (κ2) is 9.36. The molecule has 164 valence electrons. The van der Waals surface area contributed by atoms with Crippen LogP contribution >= 0.6 is 0 Å². The predicted octanol–water partition coefficient (Wildman–Crippen LogP) is 3.66. The maximum absolute atomic E-state index is 12.7. The Morgan fingerprint density at radius 3 is 2.42 bits per heavy atom. The van der Waals surface area contributed by atoms with Crippen LogP contribution in [0.25, 0.3) is 0 Å². The number of oxime groups is 1. The first kappa shape index (κ1) is 22.6. The van der Waals surface area contributed by atoms with Crippen LogP contribution in [0.1, 0.15) is 24.0 Å². The summed E-state index contributed by atoms with van der Waals surface area (Å²) in [4.78, 5) is 5.32. The van der Waals surface area contributed by atoms with Crippen LogP contribution in [0.15, 0.2) is 58.6 Å². The number of nitriles is 1. The topological polar surface area (TPSA) is 92.0 Å². The third-order valence-corrected chi connectivity index (χ3v) is 6.44. The van der Waals surface area contributed by atoms with Gasteiger partial charge in [0.15, 0.2) is 0 Å². The lowest BCUT2D eigenvalue weighted by atomic mass is 10.1. The minimum Gasteiger partial charge on any atom is -0.406 e. The average molecular weight is 453 g/mol. The van der Waals surface area contributed by atoms with Crippen molar-refractivity contribution >= 4 is 16.2 Å². The summed E-state index contributed by atoms with van der Waals surface area (Å²) in [5.74, 6) is -0.489. The van der Waals surface area contributed by atoms with Crippen LogP contribution in [-0.4, -0.2) is 44.5 Å². The van der Waals surface area contributed by atoms with Gasteiger partial charge in [-0.1, -0.05) is 17.3 Å². The number of hydrogen-bond acceptors (Lipinski definition) is 6. The largest absolute Gasteiger partial charge is 0.573 e. The fraction of sp³-hybridized carbons (Fsp3) is 0.300. The molecule has 0 radical (unpaired) electrons. The quantitative estimate of drug-likeness (QED) is 0.492. The van der Waals surface area contributed by atoms with E-state index in [0.717, 1.165) is 24.3 Å². The van der Waals surface area contributed by atoms with E-state index < -0.39 is 22.1 Å². The SMILES string of the molecule is N#Cc1cccc(/C=N/OC2CCN(S(=O)(=O)c3ccc(OC(F)(F)F)cc3)CC2)c1. The molecule has 1 saturated heterocycles. The Hall–Kier alpha value is -3.10. The molecule has 3 rings (SSSR count). The second-order valence-corrected chi connectivity index (χ2v) is 8.64. The van der Waals surface area contributed by atoms with Crippen LogP contribution in [0.3, 0.4) is 0 Å². The first-order valence-corrected chi connectivity index (χ1v) is 10.7. The van der Waals surface area contributed by atoms with Crippen molar-refractivity contribution in [1.82, 2.24) is 4.31 Å². The number of alkyl halides is 3. The number of halogens is 3. The molecular weight excluding hydrogens is 435 g/mol. The van der Waals surface area contributed by atoms with E-state index in [2.05, 4.69) is 9.89 Å². The van der Waals surface area contributed by atoms with Crippen molar-refractivity contribution in [1.29, 1.82) is 5.26 Å². The maximum atomic E-state index is 12.7. The number of hydrogen-bond donors (Lipinski definition) is 0. The number of rotatable bonds is 6. The van der Waals surface area contributed by atoms with Gasteiger partial charge in [0.2, 0.25) is 10.0 Å². The third-order valence-electron chi connectivity index (χ3n) is 4.52. The number of piperidine rings is 1. The molecule has 0 unspecified atom stereocenters. The van der Waals surface area contributed by atoms with E-state index in [1.807, 2.05) is 6.07 Å². The van der Waals surface area contributed by atoms with Crippen molar-refractivity contribution in [2.24, 2.45) is 5.16 Å². The van der Waals surface area contributed by atoms with Gasteiger partial charge in [-0.3, -0.25) is 0 Å². The van der Waals surface area contributed by atoms with Gasteiger partial charge in [-0.05, 0) is 42.0 Å². The molecule has 2 aromatic rings. The Labute approximate surface area is 177 Å². The minimum absolute atomic E-state index is 0.114. The Morgan fingerprint density at radius 1 is 1.13 bits per heavy atom.